The third kappa shape index (κ3) is 8.67. The van der Waals surface area contributed by atoms with Crippen molar-refractivity contribution >= 4 is 17.7 Å². The van der Waals surface area contributed by atoms with E-state index in [4.69, 9.17) is 0 Å². The Labute approximate surface area is 175 Å². The first-order chi connectivity index (χ1) is 13.8. The van der Waals surface area contributed by atoms with Crippen LogP contribution < -0.4 is 5.32 Å². The Kier molecular flexibility index (Phi) is 11.0. The molecule has 3 amide bonds. The Morgan fingerprint density at radius 1 is 0.966 bits per heavy atom. The van der Waals surface area contributed by atoms with Crippen LogP contribution in [0.25, 0.3) is 0 Å². The molecule has 29 heavy (non-hydrogen) atoms. The summed E-state index contributed by atoms with van der Waals surface area (Å²) in [5.74, 6) is 0.0589. The van der Waals surface area contributed by atoms with E-state index in [2.05, 4.69) is 19.2 Å². The van der Waals surface area contributed by atoms with E-state index in [0.29, 0.717) is 31.4 Å². The van der Waals surface area contributed by atoms with Crippen LogP contribution in [0.2, 0.25) is 0 Å². The maximum atomic E-state index is 12.3. The Hall–Kier alpha value is -2.37. The average molecular weight is 404 g/mol. The molecule has 6 heteroatoms. The maximum absolute atomic E-state index is 12.3. The molecule has 6 nitrogen and oxygen atoms in total. The van der Waals surface area contributed by atoms with Crippen molar-refractivity contribution in [2.75, 3.05) is 20.1 Å². The predicted molar refractivity (Wildman–Crippen MR) is 117 cm³/mol. The first-order valence-corrected chi connectivity index (χ1v) is 10.7. The van der Waals surface area contributed by atoms with Gasteiger partial charge in [0.1, 0.15) is 0 Å². The predicted octanol–water partition coefficient (Wildman–Crippen LogP) is 3.60. The molecule has 0 aliphatic carbocycles. The quantitative estimate of drug-likeness (QED) is 0.580. The molecule has 0 aliphatic rings. The minimum Gasteiger partial charge on any atom is -0.352 e. The Bertz CT molecular complexity index is 650. The van der Waals surface area contributed by atoms with Gasteiger partial charge in [0.2, 0.25) is 11.8 Å². The van der Waals surface area contributed by atoms with E-state index in [9.17, 15) is 14.4 Å². The summed E-state index contributed by atoms with van der Waals surface area (Å²) in [6.07, 6.45) is 3.21. The third-order valence-electron chi connectivity index (χ3n) is 4.92. The summed E-state index contributed by atoms with van der Waals surface area (Å²) in [4.78, 5) is 40.2. The van der Waals surface area contributed by atoms with Crippen molar-refractivity contribution in [2.24, 2.45) is 0 Å². The number of amides is 3. The Balaban J connectivity index is 2.39. The van der Waals surface area contributed by atoms with Gasteiger partial charge in [-0.3, -0.25) is 14.4 Å². The molecular weight excluding hydrogens is 366 g/mol. The van der Waals surface area contributed by atoms with Crippen molar-refractivity contribution in [1.29, 1.82) is 0 Å². The van der Waals surface area contributed by atoms with Crippen LogP contribution in [-0.2, 0) is 16.1 Å². The second kappa shape index (κ2) is 13.0. The van der Waals surface area contributed by atoms with Gasteiger partial charge in [0.15, 0.2) is 0 Å². The van der Waals surface area contributed by atoms with Gasteiger partial charge in [0.05, 0.1) is 0 Å². The van der Waals surface area contributed by atoms with Crippen molar-refractivity contribution in [2.45, 2.75) is 72.4 Å². The van der Waals surface area contributed by atoms with Gasteiger partial charge < -0.3 is 15.1 Å². The monoisotopic (exact) mass is 403 g/mol. The van der Waals surface area contributed by atoms with Crippen LogP contribution in [0.15, 0.2) is 24.3 Å². The van der Waals surface area contributed by atoms with Gasteiger partial charge in [0.25, 0.3) is 5.91 Å². The second-order valence-corrected chi connectivity index (χ2v) is 7.72. The van der Waals surface area contributed by atoms with Crippen LogP contribution in [0.3, 0.4) is 0 Å². The lowest BCUT2D eigenvalue weighted by Crippen LogP contribution is -2.33. The molecule has 0 bridgehead atoms. The molecule has 0 aromatic heterocycles. The molecule has 0 heterocycles. The Morgan fingerprint density at radius 3 is 2.07 bits per heavy atom. The summed E-state index contributed by atoms with van der Waals surface area (Å²) in [5, 5.41) is 2.88. The van der Waals surface area contributed by atoms with Gasteiger partial charge >= 0.3 is 0 Å². The van der Waals surface area contributed by atoms with Gasteiger partial charge in [-0.25, -0.2) is 0 Å². The molecule has 1 aromatic rings. The standard InChI is InChI=1S/C23H37N3O3/c1-6-15-26(16-7-2)22(28)10-8-9-21(27)24-17-19-11-13-20(14-12-19)23(29)25(5)18(3)4/h11-14,18H,6-10,15-17H2,1-5H3,(H,24,27). The number of hydrogen-bond acceptors (Lipinski definition) is 3. The number of nitrogens with one attached hydrogen (secondary N) is 1. The molecule has 0 atom stereocenters. The summed E-state index contributed by atoms with van der Waals surface area (Å²) >= 11 is 0. The molecule has 0 aliphatic heterocycles. The van der Waals surface area contributed by atoms with E-state index >= 15 is 0 Å². The molecule has 0 unspecified atom stereocenters. The number of rotatable bonds is 12. The number of nitrogens with zero attached hydrogens (tertiary/aromatic N) is 2. The molecule has 0 saturated heterocycles. The van der Waals surface area contributed by atoms with Crippen LogP contribution in [-0.4, -0.2) is 53.7 Å². The second-order valence-electron chi connectivity index (χ2n) is 7.72. The van der Waals surface area contributed by atoms with Crippen molar-refractivity contribution in [3.63, 3.8) is 0 Å². The minimum atomic E-state index is -0.0602. The first-order valence-electron chi connectivity index (χ1n) is 10.7. The molecule has 0 radical (unpaired) electrons. The zero-order valence-corrected chi connectivity index (χ0v) is 18.7. The fourth-order valence-corrected chi connectivity index (χ4v) is 2.95. The summed E-state index contributed by atoms with van der Waals surface area (Å²) in [5.41, 5.74) is 1.58. The highest BCUT2D eigenvalue weighted by Gasteiger charge is 2.14. The maximum Gasteiger partial charge on any atom is 0.253 e. The number of benzene rings is 1. The highest BCUT2D eigenvalue weighted by Crippen LogP contribution is 2.09. The zero-order valence-electron chi connectivity index (χ0n) is 18.7. The van der Waals surface area contributed by atoms with E-state index in [-0.39, 0.29) is 23.8 Å². The van der Waals surface area contributed by atoms with Crippen molar-refractivity contribution in [3.05, 3.63) is 35.4 Å². The largest absolute Gasteiger partial charge is 0.352 e. The topological polar surface area (TPSA) is 69.7 Å². The number of carbonyl (C=O) groups is 3. The molecular formula is C23H37N3O3. The van der Waals surface area contributed by atoms with E-state index < -0.39 is 0 Å². The highest BCUT2D eigenvalue weighted by molar-refractivity contribution is 5.94. The fraction of sp³-hybridized carbons (Fsp3) is 0.609. The van der Waals surface area contributed by atoms with Gasteiger partial charge in [-0.05, 0) is 50.8 Å². The normalized spacial score (nSPS) is 10.7. The van der Waals surface area contributed by atoms with Crippen LogP contribution >= 0.6 is 0 Å². The molecule has 1 N–H and O–H groups in total. The van der Waals surface area contributed by atoms with Crippen molar-refractivity contribution < 1.29 is 14.4 Å². The lowest BCUT2D eigenvalue weighted by molar-refractivity contribution is -0.131. The lowest BCUT2D eigenvalue weighted by atomic mass is 10.1. The van der Waals surface area contributed by atoms with Gasteiger partial charge in [0, 0.05) is 51.1 Å². The molecule has 1 rings (SSSR count). The number of carbonyl (C=O) groups excluding carboxylic acids is 3. The van der Waals surface area contributed by atoms with Crippen molar-refractivity contribution in [1.82, 2.24) is 15.1 Å². The van der Waals surface area contributed by atoms with E-state index in [1.165, 1.54) is 0 Å². The zero-order chi connectivity index (χ0) is 21.8. The highest BCUT2D eigenvalue weighted by atomic mass is 16.2. The van der Waals surface area contributed by atoms with Gasteiger partial charge in [-0.15, -0.1) is 0 Å². The summed E-state index contributed by atoms with van der Waals surface area (Å²) in [7, 11) is 1.79. The van der Waals surface area contributed by atoms with E-state index in [0.717, 1.165) is 31.5 Å². The van der Waals surface area contributed by atoms with Crippen LogP contribution in [0.4, 0.5) is 0 Å². The summed E-state index contributed by atoms with van der Waals surface area (Å²) < 4.78 is 0. The van der Waals surface area contributed by atoms with E-state index in [1.54, 1.807) is 24.1 Å². The smallest absolute Gasteiger partial charge is 0.253 e. The molecule has 0 spiro atoms. The molecule has 0 fully saturated rings. The first kappa shape index (κ1) is 24.7. The molecule has 162 valence electrons. The Morgan fingerprint density at radius 2 is 1.55 bits per heavy atom. The van der Waals surface area contributed by atoms with Crippen LogP contribution in [0, 0.1) is 0 Å². The summed E-state index contributed by atoms with van der Waals surface area (Å²) in [6.45, 7) is 10.1. The SMILES string of the molecule is CCCN(CCC)C(=O)CCCC(=O)NCc1ccc(C(=O)N(C)C(C)C)cc1. The van der Waals surface area contributed by atoms with E-state index in [1.807, 2.05) is 30.9 Å². The lowest BCUT2D eigenvalue weighted by Gasteiger charge is -2.21. The van der Waals surface area contributed by atoms with Gasteiger partial charge in [-0.1, -0.05) is 26.0 Å². The van der Waals surface area contributed by atoms with Crippen molar-refractivity contribution in [3.8, 4) is 0 Å². The third-order valence-corrected chi connectivity index (χ3v) is 4.92. The minimum absolute atomic E-state index is 0.0135. The van der Waals surface area contributed by atoms with Crippen LogP contribution in [0.5, 0.6) is 0 Å². The van der Waals surface area contributed by atoms with Crippen LogP contribution in [0.1, 0.15) is 75.7 Å². The summed E-state index contributed by atoms with van der Waals surface area (Å²) in [6, 6.07) is 7.44. The molecule has 1 aromatic carbocycles. The average Bonchev–Trinajstić information content (AvgIpc) is 2.71. The fourth-order valence-electron chi connectivity index (χ4n) is 2.95. The number of hydrogen-bond donors (Lipinski definition) is 1. The van der Waals surface area contributed by atoms with Gasteiger partial charge in [-0.2, -0.15) is 0 Å². The molecule has 0 saturated carbocycles.